The first-order valence-corrected chi connectivity index (χ1v) is 8.23. The summed E-state index contributed by atoms with van der Waals surface area (Å²) in [4.78, 5) is 25.5. The minimum Gasteiger partial charge on any atom is -0.290 e. The maximum Gasteiger partial charge on any atom is 0.280 e. The number of nitrogens with one attached hydrogen (secondary N) is 1. The van der Waals surface area contributed by atoms with Crippen molar-refractivity contribution in [2.45, 2.75) is 6.92 Å². The van der Waals surface area contributed by atoms with E-state index in [1.807, 2.05) is 0 Å². The van der Waals surface area contributed by atoms with E-state index in [-0.39, 0.29) is 11.1 Å². The largest absolute Gasteiger partial charge is 0.290 e. The minimum absolute atomic E-state index is 0.287. The fraction of sp³-hybridized carbons (Fsp3) is 0.0526. The number of hydrogen-bond acceptors (Lipinski definition) is 2. The van der Waals surface area contributed by atoms with E-state index in [1.54, 1.807) is 37.3 Å². The van der Waals surface area contributed by atoms with Gasteiger partial charge in [0.15, 0.2) is 0 Å². The average molecular weight is 370 g/mol. The van der Waals surface area contributed by atoms with Crippen molar-refractivity contribution in [2.75, 3.05) is 0 Å². The highest BCUT2D eigenvalue weighted by molar-refractivity contribution is 6.30. The van der Waals surface area contributed by atoms with Crippen LogP contribution in [0.15, 0.2) is 64.2 Å². The van der Waals surface area contributed by atoms with Gasteiger partial charge in [0, 0.05) is 22.5 Å². The summed E-state index contributed by atoms with van der Waals surface area (Å²) in [6, 6.07) is 13.8. The van der Waals surface area contributed by atoms with E-state index in [4.69, 9.17) is 11.6 Å². The van der Waals surface area contributed by atoms with Gasteiger partial charge in [-0.3, -0.25) is 19.3 Å². The third-order valence-electron chi connectivity index (χ3n) is 4.26. The highest BCUT2D eigenvalue weighted by Gasteiger charge is 2.16. The summed E-state index contributed by atoms with van der Waals surface area (Å²) in [5.74, 6) is -0.453. The number of H-pyrrole nitrogens is 1. The normalized spacial score (nSPS) is 11.2. The lowest BCUT2D eigenvalue weighted by Gasteiger charge is -2.10. The monoisotopic (exact) mass is 369 g/mol. The van der Waals surface area contributed by atoms with Crippen molar-refractivity contribution >= 4 is 22.5 Å². The lowest BCUT2D eigenvalue weighted by atomic mass is 10.2. The van der Waals surface area contributed by atoms with Gasteiger partial charge in [0.1, 0.15) is 5.82 Å². The van der Waals surface area contributed by atoms with E-state index in [1.165, 1.54) is 33.5 Å². The van der Waals surface area contributed by atoms with Gasteiger partial charge >= 0.3 is 0 Å². The Morgan fingerprint density at radius 2 is 1.73 bits per heavy atom. The van der Waals surface area contributed by atoms with Gasteiger partial charge in [0.2, 0.25) is 0 Å². The minimum atomic E-state index is -0.453. The van der Waals surface area contributed by atoms with Gasteiger partial charge in [0.05, 0.1) is 16.6 Å². The molecule has 0 saturated heterocycles. The molecule has 0 amide bonds. The SMILES string of the molecule is Cc1c2c(=O)n(-c3cccc(F)c3)[nH]c2cc(=O)n1-c1ccc(Cl)cc1. The molecule has 0 aliphatic carbocycles. The van der Waals surface area contributed by atoms with Gasteiger partial charge in [-0.05, 0) is 49.4 Å². The number of halogens is 2. The predicted molar refractivity (Wildman–Crippen MR) is 99.2 cm³/mol. The van der Waals surface area contributed by atoms with Gasteiger partial charge in [0.25, 0.3) is 11.1 Å². The Hall–Kier alpha value is -3.12. The Balaban J connectivity index is 2.01. The van der Waals surface area contributed by atoms with E-state index in [0.29, 0.717) is 33.0 Å². The molecule has 0 radical (unpaired) electrons. The summed E-state index contributed by atoms with van der Waals surface area (Å²) in [6.45, 7) is 1.70. The van der Waals surface area contributed by atoms with Crippen molar-refractivity contribution in [3.63, 3.8) is 0 Å². The van der Waals surface area contributed by atoms with E-state index in [9.17, 15) is 14.0 Å². The molecule has 2 heterocycles. The molecule has 26 heavy (non-hydrogen) atoms. The summed E-state index contributed by atoms with van der Waals surface area (Å²) >= 11 is 5.91. The molecular weight excluding hydrogens is 357 g/mol. The van der Waals surface area contributed by atoms with Crippen LogP contribution in [-0.4, -0.2) is 14.3 Å². The van der Waals surface area contributed by atoms with Crippen LogP contribution in [0.1, 0.15) is 5.69 Å². The van der Waals surface area contributed by atoms with Gasteiger partial charge in [-0.15, -0.1) is 0 Å². The van der Waals surface area contributed by atoms with Gasteiger partial charge < -0.3 is 0 Å². The zero-order valence-electron chi connectivity index (χ0n) is 13.7. The number of fused-ring (bicyclic) bond motifs is 1. The molecular formula is C19H13ClFN3O2. The second-order valence-corrected chi connectivity index (χ2v) is 6.34. The Labute approximate surface area is 151 Å². The molecule has 0 bridgehead atoms. The summed E-state index contributed by atoms with van der Waals surface area (Å²) < 4.78 is 16.2. The number of hydrogen-bond donors (Lipinski definition) is 1. The fourth-order valence-corrected chi connectivity index (χ4v) is 3.21. The number of nitrogens with zero attached hydrogens (tertiary/aromatic N) is 2. The van der Waals surface area contributed by atoms with Crippen LogP contribution in [0.5, 0.6) is 0 Å². The molecule has 4 aromatic rings. The first-order valence-electron chi connectivity index (χ1n) is 7.85. The first-order chi connectivity index (χ1) is 12.5. The molecule has 130 valence electrons. The Morgan fingerprint density at radius 1 is 1.00 bits per heavy atom. The van der Waals surface area contributed by atoms with Gasteiger partial charge in [-0.1, -0.05) is 17.7 Å². The second kappa shape index (κ2) is 6.00. The van der Waals surface area contributed by atoms with E-state index in [0.717, 1.165) is 0 Å². The second-order valence-electron chi connectivity index (χ2n) is 5.90. The smallest absolute Gasteiger partial charge is 0.280 e. The molecule has 0 spiro atoms. The molecule has 0 aliphatic rings. The molecule has 0 unspecified atom stereocenters. The molecule has 0 fully saturated rings. The molecule has 0 aliphatic heterocycles. The third-order valence-corrected chi connectivity index (χ3v) is 4.51. The number of aromatic amines is 1. The molecule has 2 aromatic heterocycles. The molecule has 2 aromatic carbocycles. The molecule has 5 nitrogen and oxygen atoms in total. The summed E-state index contributed by atoms with van der Waals surface area (Å²) in [5.41, 5.74) is 1.21. The van der Waals surface area contributed by atoms with Crippen molar-refractivity contribution in [3.8, 4) is 11.4 Å². The topological polar surface area (TPSA) is 59.8 Å². The maximum absolute atomic E-state index is 13.5. The Kier molecular flexibility index (Phi) is 3.77. The van der Waals surface area contributed by atoms with Crippen molar-refractivity contribution in [1.29, 1.82) is 0 Å². The van der Waals surface area contributed by atoms with Crippen molar-refractivity contribution in [1.82, 2.24) is 14.3 Å². The van der Waals surface area contributed by atoms with Crippen LogP contribution in [-0.2, 0) is 0 Å². The predicted octanol–water partition coefficient (Wildman–Crippen LogP) is 3.57. The first kappa shape index (κ1) is 16.4. The van der Waals surface area contributed by atoms with Crippen LogP contribution in [0.4, 0.5) is 4.39 Å². The van der Waals surface area contributed by atoms with E-state index >= 15 is 0 Å². The third kappa shape index (κ3) is 2.55. The van der Waals surface area contributed by atoms with Crippen LogP contribution >= 0.6 is 11.6 Å². The average Bonchev–Trinajstić information content (AvgIpc) is 2.93. The fourth-order valence-electron chi connectivity index (χ4n) is 3.08. The van der Waals surface area contributed by atoms with Crippen LogP contribution < -0.4 is 11.1 Å². The van der Waals surface area contributed by atoms with Crippen LogP contribution in [0.2, 0.25) is 5.02 Å². The lowest BCUT2D eigenvalue weighted by molar-refractivity contribution is 0.625. The molecule has 4 rings (SSSR count). The lowest BCUT2D eigenvalue weighted by Crippen LogP contribution is -2.21. The number of aromatic nitrogens is 3. The van der Waals surface area contributed by atoms with Gasteiger partial charge in [-0.25, -0.2) is 9.07 Å². The summed E-state index contributed by atoms with van der Waals surface area (Å²) in [5, 5.41) is 3.80. The van der Waals surface area contributed by atoms with Crippen molar-refractivity contribution < 1.29 is 4.39 Å². The summed E-state index contributed by atoms with van der Waals surface area (Å²) in [6.07, 6.45) is 0. The standard InChI is InChI=1S/C19H13ClFN3O2/c1-11-18-16(10-17(25)23(11)14-7-5-12(20)6-8-14)22-24(19(18)26)15-4-2-3-13(21)9-15/h2-10,22H,1H3. The van der Waals surface area contributed by atoms with Crippen molar-refractivity contribution in [2.24, 2.45) is 0 Å². The van der Waals surface area contributed by atoms with Crippen molar-refractivity contribution in [3.05, 3.63) is 91.8 Å². The molecule has 0 saturated carbocycles. The number of pyridine rings is 1. The zero-order valence-corrected chi connectivity index (χ0v) is 14.4. The highest BCUT2D eigenvalue weighted by Crippen LogP contribution is 2.18. The molecule has 1 N–H and O–H groups in total. The molecule has 7 heteroatoms. The molecule has 0 atom stereocenters. The Bertz CT molecular complexity index is 1250. The maximum atomic E-state index is 13.5. The highest BCUT2D eigenvalue weighted by atomic mass is 35.5. The number of rotatable bonds is 2. The number of aryl methyl sites for hydroxylation is 1. The van der Waals surface area contributed by atoms with E-state index in [2.05, 4.69) is 5.10 Å². The van der Waals surface area contributed by atoms with E-state index < -0.39 is 5.82 Å². The van der Waals surface area contributed by atoms with Crippen LogP contribution in [0.25, 0.3) is 22.3 Å². The zero-order chi connectivity index (χ0) is 18.4. The summed E-state index contributed by atoms with van der Waals surface area (Å²) in [7, 11) is 0. The number of benzene rings is 2. The van der Waals surface area contributed by atoms with Gasteiger partial charge in [-0.2, -0.15) is 0 Å². The van der Waals surface area contributed by atoms with Crippen LogP contribution in [0.3, 0.4) is 0 Å². The quantitative estimate of drug-likeness (QED) is 0.587. The van der Waals surface area contributed by atoms with Crippen LogP contribution in [0, 0.1) is 12.7 Å². The Morgan fingerprint density at radius 3 is 2.42 bits per heavy atom.